The highest BCUT2D eigenvalue weighted by Crippen LogP contribution is 2.27. The Morgan fingerprint density at radius 1 is 1.33 bits per heavy atom. The maximum absolute atomic E-state index is 12.2. The lowest BCUT2D eigenvalue weighted by atomic mass is 10.1. The number of rotatable bonds is 5. The van der Waals surface area contributed by atoms with Crippen LogP contribution >= 0.6 is 0 Å². The molecule has 1 aromatic carbocycles. The van der Waals surface area contributed by atoms with Crippen LogP contribution in [0.3, 0.4) is 0 Å². The molecule has 1 amide bonds. The van der Waals surface area contributed by atoms with Gasteiger partial charge in [-0.1, -0.05) is 19.9 Å². The number of nitrogens with zero attached hydrogens (tertiary/aromatic N) is 2. The van der Waals surface area contributed by atoms with Crippen LogP contribution in [0.15, 0.2) is 18.2 Å². The van der Waals surface area contributed by atoms with Crippen LogP contribution in [0, 0.1) is 0 Å². The molecule has 1 aromatic rings. The summed E-state index contributed by atoms with van der Waals surface area (Å²) in [5.41, 5.74) is 8.40. The normalized spacial score (nSPS) is 14.4. The highest BCUT2D eigenvalue weighted by Gasteiger charge is 2.28. The van der Waals surface area contributed by atoms with Crippen LogP contribution in [0.1, 0.15) is 29.8 Å². The van der Waals surface area contributed by atoms with E-state index in [0.29, 0.717) is 6.54 Å². The van der Waals surface area contributed by atoms with Crippen LogP contribution in [0.5, 0.6) is 0 Å². The van der Waals surface area contributed by atoms with Crippen LogP contribution in [0.4, 0.5) is 5.69 Å². The van der Waals surface area contributed by atoms with Gasteiger partial charge in [0.25, 0.3) is 5.91 Å². The van der Waals surface area contributed by atoms with E-state index in [4.69, 9.17) is 5.73 Å². The van der Waals surface area contributed by atoms with Crippen LogP contribution in [0.25, 0.3) is 0 Å². The van der Waals surface area contributed by atoms with Crippen molar-refractivity contribution in [2.75, 3.05) is 31.9 Å². The molecule has 2 rings (SSSR count). The summed E-state index contributed by atoms with van der Waals surface area (Å²) in [6, 6.07) is 5.57. The summed E-state index contributed by atoms with van der Waals surface area (Å²) in [4.78, 5) is 16.4. The van der Waals surface area contributed by atoms with E-state index >= 15 is 0 Å². The number of benzene rings is 1. The van der Waals surface area contributed by atoms with Crippen molar-refractivity contribution in [2.45, 2.75) is 20.4 Å². The molecule has 18 heavy (non-hydrogen) atoms. The molecule has 1 aliphatic rings. The number of amides is 1. The molecular formula is C14H21N3O. The molecule has 1 heterocycles. The number of fused-ring (bicyclic) bond motifs is 1. The molecule has 0 fully saturated rings. The van der Waals surface area contributed by atoms with Gasteiger partial charge in [-0.15, -0.1) is 0 Å². The van der Waals surface area contributed by atoms with Crippen LogP contribution in [-0.4, -0.2) is 41.9 Å². The molecule has 0 aromatic heterocycles. The number of hydrogen-bond acceptors (Lipinski definition) is 3. The average molecular weight is 247 g/mol. The summed E-state index contributed by atoms with van der Waals surface area (Å²) < 4.78 is 0. The predicted octanol–water partition coefficient (Wildman–Crippen LogP) is 1.57. The quantitative estimate of drug-likeness (QED) is 0.803. The Labute approximate surface area is 108 Å². The van der Waals surface area contributed by atoms with Crippen molar-refractivity contribution in [3.05, 3.63) is 29.3 Å². The molecule has 0 aliphatic carbocycles. The molecular weight excluding hydrogens is 226 g/mol. The smallest absolute Gasteiger partial charge is 0.254 e. The molecule has 0 bridgehead atoms. The number of anilines is 1. The Morgan fingerprint density at radius 3 is 2.67 bits per heavy atom. The van der Waals surface area contributed by atoms with Crippen molar-refractivity contribution in [3.63, 3.8) is 0 Å². The second-order valence-electron chi connectivity index (χ2n) is 4.63. The summed E-state index contributed by atoms with van der Waals surface area (Å²) in [6.45, 7) is 8.68. The summed E-state index contributed by atoms with van der Waals surface area (Å²) in [6.07, 6.45) is 0. The lowest BCUT2D eigenvalue weighted by molar-refractivity contribution is 0.0761. The third kappa shape index (κ3) is 2.34. The first kappa shape index (κ1) is 12.9. The van der Waals surface area contributed by atoms with E-state index in [-0.39, 0.29) is 5.91 Å². The Morgan fingerprint density at radius 2 is 2.06 bits per heavy atom. The number of likely N-dealkylation sites (N-methyl/N-ethyl adjacent to an activating group) is 1. The van der Waals surface area contributed by atoms with Crippen molar-refractivity contribution >= 4 is 11.6 Å². The summed E-state index contributed by atoms with van der Waals surface area (Å²) in [5, 5.41) is 0. The van der Waals surface area contributed by atoms with E-state index in [1.54, 1.807) is 0 Å². The monoisotopic (exact) mass is 247 g/mol. The maximum atomic E-state index is 12.2. The molecule has 4 nitrogen and oxygen atoms in total. The molecule has 0 radical (unpaired) electrons. The third-order valence-electron chi connectivity index (χ3n) is 3.66. The lowest BCUT2D eigenvalue weighted by Gasteiger charge is -2.22. The number of nitrogen functional groups attached to an aromatic ring is 1. The van der Waals surface area contributed by atoms with Gasteiger partial charge in [-0.05, 0) is 25.2 Å². The predicted molar refractivity (Wildman–Crippen MR) is 73.4 cm³/mol. The van der Waals surface area contributed by atoms with E-state index in [2.05, 4.69) is 18.7 Å². The first-order valence-electron chi connectivity index (χ1n) is 6.56. The van der Waals surface area contributed by atoms with Crippen molar-refractivity contribution in [2.24, 2.45) is 0 Å². The van der Waals surface area contributed by atoms with Gasteiger partial charge in [-0.25, -0.2) is 0 Å². The zero-order chi connectivity index (χ0) is 13.1. The molecule has 1 aliphatic heterocycles. The van der Waals surface area contributed by atoms with E-state index in [0.717, 1.165) is 43.0 Å². The minimum absolute atomic E-state index is 0.115. The van der Waals surface area contributed by atoms with Gasteiger partial charge in [0.1, 0.15) is 0 Å². The number of nitrogens with two attached hydrogens (primary N) is 1. The van der Waals surface area contributed by atoms with Crippen LogP contribution in [0.2, 0.25) is 0 Å². The van der Waals surface area contributed by atoms with Crippen molar-refractivity contribution in [1.82, 2.24) is 9.80 Å². The van der Waals surface area contributed by atoms with Gasteiger partial charge in [-0.3, -0.25) is 4.79 Å². The van der Waals surface area contributed by atoms with Gasteiger partial charge >= 0.3 is 0 Å². The zero-order valence-corrected chi connectivity index (χ0v) is 11.1. The van der Waals surface area contributed by atoms with Crippen molar-refractivity contribution in [1.29, 1.82) is 0 Å². The number of hydrogen-bond donors (Lipinski definition) is 1. The van der Waals surface area contributed by atoms with E-state index in [1.165, 1.54) is 0 Å². The summed E-state index contributed by atoms with van der Waals surface area (Å²) in [5.74, 6) is 0.115. The minimum Gasteiger partial charge on any atom is -0.398 e. The average Bonchev–Trinajstić information content (AvgIpc) is 2.70. The van der Waals surface area contributed by atoms with Crippen LogP contribution in [-0.2, 0) is 6.54 Å². The zero-order valence-electron chi connectivity index (χ0n) is 11.1. The fourth-order valence-electron chi connectivity index (χ4n) is 2.40. The second-order valence-corrected chi connectivity index (χ2v) is 4.63. The Bertz CT molecular complexity index is 441. The molecule has 98 valence electrons. The fourth-order valence-corrected chi connectivity index (χ4v) is 2.40. The first-order valence-corrected chi connectivity index (χ1v) is 6.56. The second kappa shape index (κ2) is 5.40. The lowest BCUT2D eigenvalue weighted by Crippen LogP contribution is -2.35. The van der Waals surface area contributed by atoms with Crippen molar-refractivity contribution < 1.29 is 4.79 Å². The summed E-state index contributed by atoms with van der Waals surface area (Å²) >= 11 is 0. The summed E-state index contributed by atoms with van der Waals surface area (Å²) in [7, 11) is 0. The van der Waals surface area contributed by atoms with Crippen molar-refractivity contribution in [3.8, 4) is 0 Å². The molecule has 2 N–H and O–H groups in total. The van der Waals surface area contributed by atoms with Gasteiger partial charge in [0, 0.05) is 36.4 Å². The molecule has 0 saturated carbocycles. The third-order valence-corrected chi connectivity index (χ3v) is 3.66. The SMILES string of the molecule is CCN(CC)CCN1Cc2c(N)cccc2C1=O. The van der Waals surface area contributed by atoms with Gasteiger partial charge in [0.05, 0.1) is 0 Å². The molecule has 4 heteroatoms. The molecule has 0 atom stereocenters. The van der Waals surface area contributed by atoms with Crippen LogP contribution < -0.4 is 5.73 Å². The van der Waals surface area contributed by atoms with Gasteiger partial charge < -0.3 is 15.5 Å². The first-order chi connectivity index (χ1) is 8.67. The highest BCUT2D eigenvalue weighted by molar-refractivity contribution is 5.99. The molecule has 0 saturated heterocycles. The number of carbonyl (C=O) groups is 1. The van der Waals surface area contributed by atoms with E-state index < -0.39 is 0 Å². The van der Waals surface area contributed by atoms with Gasteiger partial charge in [0.15, 0.2) is 0 Å². The molecule has 0 unspecified atom stereocenters. The highest BCUT2D eigenvalue weighted by atomic mass is 16.2. The Hall–Kier alpha value is -1.55. The Kier molecular flexibility index (Phi) is 3.87. The standard InChI is InChI=1S/C14H21N3O/c1-3-16(4-2)8-9-17-10-12-11(14(17)18)6-5-7-13(12)15/h5-7H,3-4,8-10,15H2,1-2H3. The van der Waals surface area contributed by atoms with Gasteiger partial charge in [-0.2, -0.15) is 0 Å². The number of carbonyl (C=O) groups excluding carboxylic acids is 1. The minimum atomic E-state index is 0.115. The largest absolute Gasteiger partial charge is 0.398 e. The van der Waals surface area contributed by atoms with Gasteiger partial charge in [0.2, 0.25) is 0 Å². The maximum Gasteiger partial charge on any atom is 0.254 e. The Balaban J connectivity index is 2.03. The van der Waals surface area contributed by atoms with E-state index in [9.17, 15) is 4.79 Å². The fraction of sp³-hybridized carbons (Fsp3) is 0.500. The van der Waals surface area contributed by atoms with E-state index in [1.807, 2.05) is 23.1 Å². The topological polar surface area (TPSA) is 49.6 Å². The molecule has 0 spiro atoms.